The molecule has 29 heavy (non-hydrogen) atoms. The molecule has 0 radical (unpaired) electrons. The lowest BCUT2D eigenvalue weighted by atomic mass is 9.78. The smallest absolute Gasteiger partial charge is 0.261 e. The largest absolute Gasteiger partial charge is 0.311 e. The van der Waals surface area contributed by atoms with Gasteiger partial charge in [-0.15, -0.1) is 0 Å². The van der Waals surface area contributed by atoms with Gasteiger partial charge in [0.25, 0.3) is 5.56 Å². The Balaban J connectivity index is 1.70. The van der Waals surface area contributed by atoms with Crippen LogP contribution in [0.2, 0.25) is 0 Å². The monoisotopic (exact) mass is 386 g/mol. The molecule has 1 aromatic carbocycles. The molecular formula is C24H26N4O. The van der Waals surface area contributed by atoms with Gasteiger partial charge in [0.15, 0.2) is 5.65 Å². The Morgan fingerprint density at radius 3 is 2.66 bits per heavy atom. The van der Waals surface area contributed by atoms with Crippen LogP contribution >= 0.6 is 0 Å². The average Bonchev–Trinajstić information content (AvgIpc) is 3.07. The number of hydrogen-bond donors (Lipinski definition) is 0. The van der Waals surface area contributed by atoms with Crippen LogP contribution in [0.5, 0.6) is 0 Å². The summed E-state index contributed by atoms with van der Waals surface area (Å²) in [6, 6.07) is 12.5. The molecule has 3 aromatic heterocycles. The van der Waals surface area contributed by atoms with Gasteiger partial charge in [0, 0.05) is 24.0 Å². The van der Waals surface area contributed by atoms with Gasteiger partial charge in [0.2, 0.25) is 0 Å². The number of aromatic nitrogens is 4. The zero-order valence-electron chi connectivity index (χ0n) is 17.2. The molecule has 4 aromatic rings. The lowest BCUT2D eigenvalue weighted by Crippen LogP contribution is -2.33. The highest BCUT2D eigenvalue weighted by molar-refractivity contribution is 5.86. The minimum atomic E-state index is 0.0391. The number of aryl methyl sites for hydroxylation is 1. The predicted octanol–water partition coefficient (Wildman–Crippen LogP) is 5.02. The fourth-order valence-electron chi connectivity index (χ4n) is 4.94. The highest BCUT2D eigenvalue weighted by Crippen LogP contribution is 2.37. The van der Waals surface area contributed by atoms with E-state index in [1.54, 1.807) is 6.20 Å². The van der Waals surface area contributed by atoms with Crippen LogP contribution in [0, 0.1) is 18.8 Å². The Labute approximate surface area is 170 Å². The maximum absolute atomic E-state index is 13.4. The van der Waals surface area contributed by atoms with Gasteiger partial charge in [-0.05, 0) is 36.8 Å². The zero-order chi connectivity index (χ0) is 20.1. The number of fused-ring (bicyclic) bond motifs is 3. The molecule has 1 aliphatic carbocycles. The third-order valence-corrected chi connectivity index (χ3v) is 6.80. The molecule has 0 aliphatic heterocycles. The second kappa shape index (κ2) is 6.83. The normalized spacial score (nSPS) is 22.4. The molecule has 0 unspecified atom stereocenters. The van der Waals surface area contributed by atoms with Crippen LogP contribution in [0.3, 0.4) is 0 Å². The lowest BCUT2D eigenvalue weighted by Gasteiger charge is -2.35. The topological polar surface area (TPSA) is 52.2 Å². The van der Waals surface area contributed by atoms with Gasteiger partial charge in [0.1, 0.15) is 0 Å². The SMILES string of the molecule is Cc1nn2c(ncc3c(=O)n([C@@H]4CCC[C@H](C)[C@@H]4C)ccc32)c1-c1ccccc1. The maximum atomic E-state index is 13.4. The predicted molar refractivity (Wildman–Crippen MR) is 116 cm³/mol. The molecule has 5 rings (SSSR count). The summed E-state index contributed by atoms with van der Waals surface area (Å²) in [5, 5.41) is 5.37. The number of pyridine rings is 1. The lowest BCUT2D eigenvalue weighted by molar-refractivity contribution is 0.183. The molecule has 0 amide bonds. The molecule has 0 N–H and O–H groups in total. The zero-order valence-corrected chi connectivity index (χ0v) is 17.2. The van der Waals surface area contributed by atoms with Crippen molar-refractivity contribution in [2.75, 3.05) is 0 Å². The average molecular weight is 386 g/mol. The molecule has 1 saturated carbocycles. The minimum Gasteiger partial charge on any atom is -0.311 e. The fraction of sp³-hybridized carbons (Fsp3) is 0.375. The summed E-state index contributed by atoms with van der Waals surface area (Å²) in [5.74, 6) is 1.13. The molecule has 148 valence electrons. The van der Waals surface area contributed by atoms with Crippen LogP contribution in [0.25, 0.3) is 27.7 Å². The van der Waals surface area contributed by atoms with Crippen molar-refractivity contribution >= 4 is 16.6 Å². The molecule has 1 aliphatic rings. The third-order valence-electron chi connectivity index (χ3n) is 6.80. The summed E-state index contributed by atoms with van der Waals surface area (Å²) in [4.78, 5) is 18.0. The van der Waals surface area contributed by atoms with E-state index in [9.17, 15) is 4.79 Å². The minimum absolute atomic E-state index is 0.0391. The summed E-state index contributed by atoms with van der Waals surface area (Å²) in [6.07, 6.45) is 7.18. The second-order valence-corrected chi connectivity index (χ2v) is 8.48. The number of hydrogen-bond acceptors (Lipinski definition) is 3. The quantitative estimate of drug-likeness (QED) is 0.486. The maximum Gasteiger partial charge on any atom is 0.261 e. The summed E-state index contributed by atoms with van der Waals surface area (Å²) in [5.41, 5.74) is 4.67. The first-order chi connectivity index (χ1) is 14.1. The van der Waals surface area contributed by atoms with Crippen LogP contribution in [-0.4, -0.2) is 19.2 Å². The van der Waals surface area contributed by atoms with Crippen molar-refractivity contribution in [1.29, 1.82) is 0 Å². The molecule has 0 saturated heterocycles. The molecule has 3 atom stereocenters. The molecule has 0 bridgehead atoms. The van der Waals surface area contributed by atoms with Crippen LogP contribution in [0.15, 0.2) is 53.6 Å². The van der Waals surface area contributed by atoms with Crippen molar-refractivity contribution in [3.05, 3.63) is 64.8 Å². The molecule has 3 heterocycles. The first-order valence-electron chi connectivity index (χ1n) is 10.5. The molecule has 5 heteroatoms. The van der Waals surface area contributed by atoms with Crippen LogP contribution in [0.1, 0.15) is 44.8 Å². The van der Waals surface area contributed by atoms with E-state index >= 15 is 0 Å². The van der Waals surface area contributed by atoms with Crippen molar-refractivity contribution in [2.24, 2.45) is 11.8 Å². The van der Waals surface area contributed by atoms with E-state index in [1.807, 2.05) is 46.5 Å². The standard InChI is InChI=1S/C24H26N4O/c1-15-8-7-11-20(16(15)2)27-13-12-21-19(24(27)29)14-25-23-22(17(3)26-28(21)23)18-9-5-4-6-10-18/h4-6,9-10,12-16,20H,7-8,11H2,1-3H3/t15-,16-,20+/m0/s1. The number of rotatable bonds is 2. The molecular weight excluding hydrogens is 360 g/mol. The Kier molecular flexibility index (Phi) is 4.26. The molecule has 5 nitrogen and oxygen atoms in total. The van der Waals surface area contributed by atoms with E-state index in [0.717, 1.165) is 34.4 Å². The first-order valence-corrected chi connectivity index (χ1v) is 10.5. The summed E-state index contributed by atoms with van der Waals surface area (Å²) in [6.45, 7) is 6.57. The van der Waals surface area contributed by atoms with Crippen LogP contribution < -0.4 is 5.56 Å². The Hall–Kier alpha value is -2.95. The van der Waals surface area contributed by atoms with E-state index in [1.165, 1.54) is 12.8 Å². The Bertz CT molecular complexity index is 1250. The Morgan fingerprint density at radius 1 is 1.07 bits per heavy atom. The summed E-state index contributed by atoms with van der Waals surface area (Å²) < 4.78 is 3.76. The molecule has 1 fully saturated rings. The van der Waals surface area contributed by atoms with Gasteiger partial charge in [-0.2, -0.15) is 5.10 Å². The second-order valence-electron chi connectivity index (χ2n) is 8.48. The van der Waals surface area contributed by atoms with Crippen molar-refractivity contribution in [1.82, 2.24) is 19.2 Å². The van der Waals surface area contributed by atoms with Crippen molar-refractivity contribution in [3.8, 4) is 11.1 Å². The summed E-state index contributed by atoms with van der Waals surface area (Å²) in [7, 11) is 0. The van der Waals surface area contributed by atoms with E-state index in [2.05, 4.69) is 31.0 Å². The van der Waals surface area contributed by atoms with Gasteiger partial charge in [-0.3, -0.25) is 4.79 Å². The molecule has 0 spiro atoms. The van der Waals surface area contributed by atoms with E-state index in [4.69, 9.17) is 5.10 Å². The van der Waals surface area contributed by atoms with Gasteiger partial charge in [0.05, 0.1) is 16.6 Å². The summed E-state index contributed by atoms with van der Waals surface area (Å²) >= 11 is 0. The van der Waals surface area contributed by atoms with Crippen molar-refractivity contribution in [2.45, 2.75) is 46.1 Å². The highest BCUT2D eigenvalue weighted by Gasteiger charge is 2.29. The number of benzene rings is 1. The van der Waals surface area contributed by atoms with Crippen LogP contribution in [0.4, 0.5) is 0 Å². The van der Waals surface area contributed by atoms with Crippen LogP contribution in [-0.2, 0) is 0 Å². The highest BCUT2D eigenvalue weighted by atomic mass is 16.1. The van der Waals surface area contributed by atoms with E-state index in [0.29, 0.717) is 17.2 Å². The van der Waals surface area contributed by atoms with Crippen molar-refractivity contribution < 1.29 is 0 Å². The van der Waals surface area contributed by atoms with Gasteiger partial charge in [-0.1, -0.05) is 57.0 Å². The first kappa shape index (κ1) is 18.1. The van der Waals surface area contributed by atoms with E-state index < -0.39 is 0 Å². The Morgan fingerprint density at radius 2 is 1.86 bits per heavy atom. The number of nitrogens with zero attached hydrogens (tertiary/aromatic N) is 4. The third kappa shape index (κ3) is 2.79. The van der Waals surface area contributed by atoms with E-state index in [-0.39, 0.29) is 11.6 Å². The van der Waals surface area contributed by atoms with Gasteiger partial charge in [-0.25, -0.2) is 9.50 Å². The van der Waals surface area contributed by atoms with Gasteiger partial charge < -0.3 is 4.57 Å². The fourth-order valence-corrected chi connectivity index (χ4v) is 4.94. The van der Waals surface area contributed by atoms with Crippen molar-refractivity contribution in [3.63, 3.8) is 0 Å². The van der Waals surface area contributed by atoms with Gasteiger partial charge >= 0.3 is 0 Å².